The van der Waals surface area contributed by atoms with Crippen molar-refractivity contribution in [2.45, 2.75) is 46.2 Å². The molecule has 0 aromatic heterocycles. The van der Waals surface area contributed by atoms with Crippen molar-refractivity contribution in [3.63, 3.8) is 0 Å². The molecule has 1 aliphatic rings. The first-order valence-electron chi connectivity index (χ1n) is 5.80. The third-order valence-electron chi connectivity index (χ3n) is 3.33. The van der Waals surface area contributed by atoms with Crippen LogP contribution >= 0.6 is 0 Å². The molecule has 2 atom stereocenters. The minimum atomic E-state index is -0.720. The van der Waals surface area contributed by atoms with Gasteiger partial charge in [-0.2, -0.15) is 0 Å². The van der Waals surface area contributed by atoms with Gasteiger partial charge in [0.05, 0.1) is 6.61 Å². The molecule has 0 aromatic carbocycles. The monoisotopic (exact) mass is 214 g/mol. The molecule has 0 N–H and O–H groups in total. The van der Waals surface area contributed by atoms with Crippen LogP contribution in [-0.2, 0) is 4.74 Å². The molecule has 0 unspecified atom stereocenters. The van der Waals surface area contributed by atoms with E-state index in [1.165, 1.54) is 5.57 Å². The number of rotatable bonds is 5. The molecule has 1 aliphatic carbocycles. The van der Waals surface area contributed by atoms with Gasteiger partial charge in [-0.1, -0.05) is 25.5 Å². The molecule has 0 saturated carbocycles. The van der Waals surface area contributed by atoms with E-state index in [4.69, 9.17) is 4.74 Å². The zero-order valence-electron chi connectivity index (χ0n) is 10.3. The van der Waals surface area contributed by atoms with Gasteiger partial charge in [0.1, 0.15) is 6.17 Å². The first-order valence-corrected chi connectivity index (χ1v) is 5.80. The first-order chi connectivity index (χ1) is 6.99. The van der Waals surface area contributed by atoms with Crippen LogP contribution in [0, 0.1) is 11.3 Å². The van der Waals surface area contributed by atoms with Gasteiger partial charge in [-0.05, 0) is 32.1 Å². The lowest BCUT2D eigenvalue weighted by molar-refractivity contribution is 0.0733. The number of methoxy groups -OCH3 is 1. The van der Waals surface area contributed by atoms with Gasteiger partial charge in [0.2, 0.25) is 0 Å². The highest BCUT2D eigenvalue weighted by atomic mass is 19.1. The van der Waals surface area contributed by atoms with Crippen molar-refractivity contribution in [2.24, 2.45) is 11.3 Å². The molecule has 15 heavy (non-hydrogen) atoms. The van der Waals surface area contributed by atoms with Gasteiger partial charge in [-0.3, -0.25) is 0 Å². The average Bonchev–Trinajstić information content (AvgIpc) is 2.48. The third kappa shape index (κ3) is 3.30. The lowest BCUT2D eigenvalue weighted by Gasteiger charge is -2.29. The number of alkyl halides is 1. The van der Waals surface area contributed by atoms with Gasteiger partial charge < -0.3 is 4.74 Å². The Bertz CT molecular complexity index is 235. The molecule has 1 rings (SSSR count). The molecular weight excluding hydrogens is 191 g/mol. The highest BCUT2D eigenvalue weighted by molar-refractivity contribution is 5.15. The van der Waals surface area contributed by atoms with Crippen molar-refractivity contribution in [1.29, 1.82) is 0 Å². The Morgan fingerprint density at radius 3 is 2.60 bits per heavy atom. The molecule has 0 amide bonds. The van der Waals surface area contributed by atoms with Crippen LogP contribution in [0.25, 0.3) is 0 Å². The summed E-state index contributed by atoms with van der Waals surface area (Å²) < 4.78 is 19.0. The molecule has 0 fully saturated rings. The van der Waals surface area contributed by atoms with E-state index in [1.54, 1.807) is 7.11 Å². The van der Waals surface area contributed by atoms with Crippen LogP contribution in [0.15, 0.2) is 11.6 Å². The minimum absolute atomic E-state index is 0.0392. The smallest absolute Gasteiger partial charge is 0.103 e. The second kappa shape index (κ2) is 5.11. The fraction of sp³-hybridized carbons (Fsp3) is 0.846. The number of ether oxygens (including phenoxy) is 1. The maximum absolute atomic E-state index is 13.8. The van der Waals surface area contributed by atoms with Crippen LogP contribution in [0.4, 0.5) is 4.39 Å². The summed E-state index contributed by atoms with van der Waals surface area (Å²) >= 11 is 0. The maximum Gasteiger partial charge on any atom is 0.103 e. The summed E-state index contributed by atoms with van der Waals surface area (Å²) in [6.07, 6.45) is 4.25. The molecule has 0 heterocycles. The normalized spacial score (nSPS) is 28.3. The Morgan fingerprint density at radius 2 is 2.20 bits per heavy atom. The molecule has 0 aromatic rings. The fourth-order valence-electron chi connectivity index (χ4n) is 2.36. The van der Waals surface area contributed by atoms with Crippen LogP contribution in [0.3, 0.4) is 0 Å². The highest BCUT2D eigenvalue weighted by Crippen LogP contribution is 2.41. The fourth-order valence-corrected chi connectivity index (χ4v) is 2.36. The quantitative estimate of drug-likeness (QED) is 0.633. The second-order valence-corrected chi connectivity index (χ2v) is 5.25. The van der Waals surface area contributed by atoms with E-state index in [9.17, 15) is 4.39 Å². The standard InChI is InChI=1S/C13H23FO/c1-10(2)12(14)8-13(9-15-4)6-5-11(3)7-13/h7,10,12H,5-6,8-9H2,1-4H3/t12-,13-/m0/s1. The molecule has 0 saturated heterocycles. The lowest BCUT2D eigenvalue weighted by Crippen LogP contribution is -2.28. The van der Waals surface area contributed by atoms with Crippen LogP contribution < -0.4 is 0 Å². The molecule has 0 spiro atoms. The number of halogens is 1. The summed E-state index contributed by atoms with van der Waals surface area (Å²) in [5.41, 5.74) is 1.34. The predicted molar refractivity (Wildman–Crippen MR) is 61.7 cm³/mol. The van der Waals surface area contributed by atoms with E-state index in [2.05, 4.69) is 13.0 Å². The predicted octanol–water partition coefficient (Wildman–Crippen LogP) is 3.74. The molecule has 0 radical (unpaired) electrons. The summed E-state index contributed by atoms with van der Waals surface area (Å²) in [5, 5.41) is 0. The topological polar surface area (TPSA) is 9.23 Å². The van der Waals surface area contributed by atoms with Crippen LogP contribution in [0.1, 0.15) is 40.0 Å². The summed E-state index contributed by atoms with van der Waals surface area (Å²) in [7, 11) is 1.70. The number of hydrogen-bond donors (Lipinski definition) is 0. The second-order valence-electron chi connectivity index (χ2n) is 5.25. The van der Waals surface area contributed by atoms with E-state index in [0.29, 0.717) is 13.0 Å². The van der Waals surface area contributed by atoms with Gasteiger partial charge in [0, 0.05) is 12.5 Å². The molecule has 0 bridgehead atoms. The van der Waals surface area contributed by atoms with Crippen molar-refractivity contribution in [3.8, 4) is 0 Å². The van der Waals surface area contributed by atoms with Crippen molar-refractivity contribution in [2.75, 3.05) is 13.7 Å². The largest absolute Gasteiger partial charge is 0.384 e. The van der Waals surface area contributed by atoms with Crippen LogP contribution in [-0.4, -0.2) is 19.9 Å². The van der Waals surface area contributed by atoms with Gasteiger partial charge in [-0.15, -0.1) is 0 Å². The summed E-state index contributed by atoms with van der Waals surface area (Å²) in [6.45, 7) is 6.66. The number of allylic oxidation sites excluding steroid dienone is 1. The molecule has 1 nitrogen and oxygen atoms in total. The number of hydrogen-bond acceptors (Lipinski definition) is 1. The zero-order chi connectivity index (χ0) is 11.5. The SMILES string of the molecule is COC[C@]1(C[C@H](F)C(C)C)C=C(C)CC1. The average molecular weight is 214 g/mol. The van der Waals surface area contributed by atoms with E-state index < -0.39 is 6.17 Å². The maximum atomic E-state index is 13.8. The zero-order valence-corrected chi connectivity index (χ0v) is 10.3. The van der Waals surface area contributed by atoms with Crippen LogP contribution in [0.2, 0.25) is 0 Å². The van der Waals surface area contributed by atoms with E-state index in [-0.39, 0.29) is 11.3 Å². The summed E-state index contributed by atoms with van der Waals surface area (Å²) in [6, 6.07) is 0. The Morgan fingerprint density at radius 1 is 1.53 bits per heavy atom. The Labute approximate surface area is 92.7 Å². The molecule has 2 heteroatoms. The van der Waals surface area contributed by atoms with E-state index >= 15 is 0 Å². The van der Waals surface area contributed by atoms with Crippen LogP contribution in [0.5, 0.6) is 0 Å². The molecule has 0 aliphatic heterocycles. The lowest BCUT2D eigenvalue weighted by atomic mass is 9.81. The molecule has 88 valence electrons. The molecular formula is C13H23FO. The highest BCUT2D eigenvalue weighted by Gasteiger charge is 2.35. The third-order valence-corrected chi connectivity index (χ3v) is 3.33. The summed E-state index contributed by atoms with van der Waals surface area (Å²) in [4.78, 5) is 0. The van der Waals surface area contributed by atoms with E-state index in [1.807, 2.05) is 13.8 Å². The Balaban J connectivity index is 2.67. The summed E-state index contributed by atoms with van der Waals surface area (Å²) in [5.74, 6) is 0.105. The van der Waals surface area contributed by atoms with Crippen molar-refractivity contribution < 1.29 is 9.13 Å². The van der Waals surface area contributed by atoms with Crippen molar-refractivity contribution >= 4 is 0 Å². The minimum Gasteiger partial charge on any atom is -0.384 e. The van der Waals surface area contributed by atoms with Crippen molar-refractivity contribution in [3.05, 3.63) is 11.6 Å². The Hall–Kier alpha value is -0.370. The van der Waals surface area contributed by atoms with Gasteiger partial charge >= 0.3 is 0 Å². The van der Waals surface area contributed by atoms with E-state index in [0.717, 1.165) is 12.8 Å². The Kier molecular flexibility index (Phi) is 4.32. The first kappa shape index (κ1) is 12.7. The van der Waals surface area contributed by atoms with Gasteiger partial charge in [-0.25, -0.2) is 4.39 Å². The van der Waals surface area contributed by atoms with Gasteiger partial charge in [0.25, 0.3) is 0 Å². The van der Waals surface area contributed by atoms with Gasteiger partial charge in [0.15, 0.2) is 0 Å². The van der Waals surface area contributed by atoms with Crippen molar-refractivity contribution in [1.82, 2.24) is 0 Å².